The SMILES string of the molecule is CC(C=O)Cn1ncc2c(-c3noc(-c4ccc(OC(C)C)c(Cl)c4)n3)cccc21. The number of carbonyl (C=O) groups is 1. The summed E-state index contributed by atoms with van der Waals surface area (Å²) in [5.74, 6) is 1.30. The minimum atomic E-state index is -0.124. The van der Waals surface area contributed by atoms with E-state index in [0.29, 0.717) is 34.6 Å². The van der Waals surface area contributed by atoms with Crippen LogP contribution in [-0.4, -0.2) is 32.3 Å². The van der Waals surface area contributed by atoms with Crippen molar-refractivity contribution in [1.82, 2.24) is 19.9 Å². The van der Waals surface area contributed by atoms with E-state index in [1.165, 1.54) is 0 Å². The minimum Gasteiger partial charge on any atom is -0.489 e. The second-order valence-electron chi connectivity index (χ2n) is 7.41. The third-order valence-electron chi connectivity index (χ3n) is 4.59. The van der Waals surface area contributed by atoms with E-state index in [1.807, 2.05) is 49.7 Å². The summed E-state index contributed by atoms with van der Waals surface area (Å²) in [7, 11) is 0. The zero-order chi connectivity index (χ0) is 21.3. The van der Waals surface area contributed by atoms with Crippen molar-refractivity contribution in [2.75, 3.05) is 0 Å². The highest BCUT2D eigenvalue weighted by Gasteiger charge is 2.17. The topological polar surface area (TPSA) is 83.0 Å². The minimum absolute atomic E-state index is 0.0271. The van der Waals surface area contributed by atoms with Gasteiger partial charge in [-0.05, 0) is 38.1 Å². The molecular formula is C22H21ClN4O3. The molecule has 8 heteroatoms. The Balaban J connectivity index is 1.67. The van der Waals surface area contributed by atoms with Crippen LogP contribution in [0, 0.1) is 5.92 Å². The fourth-order valence-corrected chi connectivity index (χ4v) is 3.42. The smallest absolute Gasteiger partial charge is 0.258 e. The quantitative estimate of drug-likeness (QED) is 0.387. The molecule has 1 atom stereocenters. The maximum atomic E-state index is 11.0. The monoisotopic (exact) mass is 424 g/mol. The zero-order valence-corrected chi connectivity index (χ0v) is 17.6. The van der Waals surface area contributed by atoms with E-state index in [-0.39, 0.29) is 12.0 Å². The molecule has 2 aromatic carbocycles. The Kier molecular flexibility index (Phi) is 5.55. The Labute approximate surface area is 178 Å². The Morgan fingerprint density at radius 2 is 2.07 bits per heavy atom. The average Bonchev–Trinajstić information content (AvgIpc) is 3.37. The van der Waals surface area contributed by atoms with Gasteiger partial charge in [0.2, 0.25) is 5.82 Å². The van der Waals surface area contributed by atoms with Gasteiger partial charge in [-0.2, -0.15) is 10.1 Å². The van der Waals surface area contributed by atoms with Gasteiger partial charge in [0.05, 0.1) is 29.4 Å². The lowest BCUT2D eigenvalue weighted by atomic mass is 10.1. The first-order chi connectivity index (χ1) is 14.5. The summed E-state index contributed by atoms with van der Waals surface area (Å²) in [4.78, 5) is 15.5. The molecule has 1 unspecified atom stereocenters. The van der Waals surface area contributed by atoms with Gasteiger partial charge in [0.15, 0.2) is 0 Å². The Morgan fingerprint density at radius 1 is 1.23 bits per heavy atom. The molecule has 7 nitrogen and oxygen atoms in total. The maximum Gasteiger partial charge on any atom is 0.258 e. The summed E-state index contributed by atoms with van der Waals surface area (Å²) in [5.41, 5.74) is 2.42. The maximum absolute atomic E-state index is 11.0. The molecule has 2 aromatic heterocycles. The molecule has 154 valence electrons. The molecule has 0 bridgehead atoms. The van der Waals surface area contributed by atoms with Crippen LogP contribution in [0.25, 0.3) is 33.7 Å². The van der Waals surface area contributed by atoms with Crippen LogP contribution in [0.15, 0.2) is 47.1 Å². The first-order valence-corrected chi connectivity index (χ1v) is 10.0. The van der Waals surface area contributed by atoms with Crippen molar-refractivity contribution in [3.8, 4) is 28.6 Å². The predicted molar refractivity (Wildman–Crippen MR) is 114 cm³/mol. The molecule has 0 saturated carbocycles. The van der Waals surface area contributed by atoms with Crippen molar-refractivity contribution >= 4 is 28.8 Å². The van der Waals surface area contributed by atoms with Crippen molar-refractivity contribution in [3.05, 3.63) is 47.6 Å². The van der Waals surface area contributed by atoms with Crippen molar-refractivity contribution in [2.45, 2.75) is 33.4 Å². The Hall–Kier alpha value is -3.19. The molecule has 0 fully saturated rings. The number of hydrogen-bond donors (Lipinski definition) is 0. The number of benzene rings is 2. The van der Waals surface area contributed by atoms with Crippen LogP contribution in [0.5, 0.6) is 5.75 Å². The molecule has 0 aliphatic rings. The second-order valence-corrected chi connectivity index (χ2v) is 7.82. The highest BCUT2D eigenvalue weighted by Crippen LogP contribution is 2.32. The number of halogens is 1. The molecule has 0 radical (unpaired) electrons. The van der Waals surface area contributed by atoms with Gasteiger partial charge < -0.3 is 14.1 Å². The molecule has 0 amide bonds. The fourth-order valence-electron chi connectivity index (χ4n) is 3.19. The molecule has 0 saturated heterocycles. The highest BCUT2D eigenvalue weighted by atomic mass is 35.5. The van der Waals surface area contributed by atoms with Gasteiger partial charge in [-0.1, -0.05) is 35.8 Å². The lowest BCUT2D eigenvalue weighted by Gasteiger charge is -2.11. The van der Waals surface area contributed by atoms with Gasteiger partial charge in [-0.15, -0.1) is 0 Å². The first kappa shape index (κ1) is 20.1. The van der Waals surface area contributed by atoms with Gasteiger partial charge in [0, 0.05) is 22.4 Å². The summed E-state index contributed by atoms with van der Waals surface area (Å²) in [5, 5.41) is 9.94. The standard InChI is InChI=1S/C22H21ClN4O3/c1-13(2)29-20-8-7-15(9-18(20)23)22-25-21(26-30-22)16-5-4-6-19-17(16)10-24-27(19)11-14(3)12-28/h4-10,12-14H,11H2,1-3H3. The number of nitrogens with zero attached hydrogens (tertiary/aromatic N) is 4. The van der Waals surface area contributed by atoms with Gasteiger partial charge >= 0.3 is 0 Å². The normalized spacial score (nSPS) is 12.4. The number of aromatic nitrogens is 4. The van der Waals surface area contributed by atoms with Crippen LogP contribution in [0.3, 0.4) is 0 Å². The van der Waals surface area contributed by atoms with E-state index in [9.17, 15) is 4.79 Å². The molecule has 0 aliphatic carbocycles. The molecule has 0 spiro atoms. The molecule has 4 aromatic rings. The third kappa shape index (κ3) is 3.93. The second kappa shape index (κ2) is 8.28. The van der Waals surface area contributed by atoms with Gasteiger partial charge in [0.1, 0.15) is 12.0 Å². The number of aldehydes is 1. The molecule has 30 heavy (non-hydrogen) atoms. The van der Waals surface area contributed by atoms with E-state index in [0.717, 1.165) is 22.8 Å². The van der Waals surface area contributed by atoms with E-state index in [1.54, 1.807) is 18.3 Å². The Bertz CT molecular complexity index is 1200. The molecule has 0 N–H and O–H groups in total. The van der Waals surface area contributed by atoms with Crippen molar-refractivity contribution in [2.24, 2.45) is 5.92 Å². The van der Waals surface area contributed by atoms with Crippen molar-refractivity contribution in [1.29, 1.82) is 0 Å². The molecule has 0 aliphatic heterocycles. The van der Waals surface area contributed by atoms with Gasteiger partial charge in [-0.3, -0.25) is 4.68 Å². The van der Waals surface area contributed by atoms with Crippen LogP contribution < -0.4 is 4.74 Å². The van der Waals surface area contributed by atoms with E-state index in [4.69, 9.17) is 20.9 Å². The zero-order valence-electron chi connectivity index (χ0n) is 16.9. The fraction of sp³-hybridized carbons (Fsp3) is 0.273. The predicted octanol–water partition coefficient (Wildman–Crippen LogP) is 5.03. The van der Waals surface area contributed by atoms with Crippen LogP contribution in [0.2, 0.25) is 5.02 Å². The summed E-state index contributed by atoms with van der Waals surface area (Å²) < 4.78 is 13.0. The summed E-state index contributed by atoms with van der Waals surface area (Å²) in [6.45, 7) is 6.25. The molecule has 4 rings (SSSR count). The average molecular weight is 425 g/mol. The van der Waals surface area contributed by atoms with E-state index < -0.39 is 0 Å². The number of carbonyl (C=O) groups excluding carboxylic acids is 1. The first-order valence-electron chi connectivity index (χ1n) is 9.66. The number of hydrogen-bond acceptors (Lipinski definition) is 6. The van der Waals surface area contributed by atoms with Crippen LogP contribution in [0.4, 0.5) is 0 Å². The highest BCUT2D eigenvalue weighted by molar-refractivity contribution is 6.32. The Morgan fingerprint density at radius 3 is 2.80 bits per heavy atom. The van der Waals surface area contributed by atoms with Crippen molar-refractivity contribution in [3.63, 3.8) is 0 Å². The number of ether oxygens (including phenoxy) is 1. The van der Waals surface area contributed by atoms with Crippen LogP contribution >= 0.6 is 11.6 Å². The molecule has 2 heterocycles. The summed E-state index contributed by atoms with van der Waals surface area (Å²) >= 11 is 6.33. The van der Waals surface area contributed by atoms with E-state index >= 15 is 0 Å². The summed E-state index contributed by atoms with van der Waals surface area (Å²) in [6.07, 6.45) is 2.71. The van der Waals surface area contributed by atoms with Crippen LogP contribution in [-0.2, 0) is 11.3 Å². The number of fused-ring (bicyclic) bond motifs is 1. The van der Waals surface area contributed by atoms with Gasteiger partial charge in [-0.25, -0.2) is 0 Å². The third-order valence-corrected chi connectivity index (χ3v) is 4.88. The van der Waals surface area contributed by atoms with Crippen LogP contribution in [0.1, 0.15) is 20.8 Å². The lowest BCUT2D eigenvalue weighted by Crippen LogP contribution is -2.09. The van der Waals surface area contributed by atoms with Gasteiger partial charge in [0.25, 0.3) is 5.89 Å². The summed E-state index contributed by atoms with van der Waals surface area (Å²) in [6, 6.07) is 11.2. The largest absolute Gasteiger partial charge is 0.489 e. The molecular weight excluding hydrogens is 404 g/mol. The lowest BCUT2D eigenvalue weighted by molar-refractivity contribution is -0.111. The van der Waals surface area contributed by atoms with E-state index in [2.05, 4.69) is 15.2 Å². The van der Waals surface area contributed by atoms with Crippen molar-refractivity contribution < 1.29 is 14.1 Å². The number of rotatable bonds is 7.